The smallest absolute Gasteiger partial charge is 0.288 e. The first-order chi connectivity index (χ1) is 9.69. The van der Waals surface area contributed by atoms with Crippen molar-refractivity contribution in [2.75, 3.05) is 0 Å². The molecule has 0 saturated heterocycles. The molecule has 0 bridgehead atoms. The highest BCUT2D eigenvalue weighted by atomic mass is 32.2. The van der Waals surface area contributed by atoms with Gasteiger partial charge in [-0.15, -0.1) is 22.0 Å². The Hall–Kier alpha value is -1.08. The average molecular weight is 316 g/mol. The summed E-state index contributed by atoms with van der Waals surface area (Å²) in [5.74, 6) is 0.0183. The first-order valence-corrected chi connectivity index (χ1v) is 8.14. The molecule has 0 fully saturated rings. The molecule has 0 saturated carbocycles. The van der Waals surface area contributed by atoms with Crippen LogP contribution in [0.3, 0.4) is 0 Å². The van der Waals surface area contributed by atoms with E-state index in [0.29, 0.717) is 46.4 Å². The van der Waals surface area contributed by atoms with E-state index in [4.69, 9.17) is 4.42 Å². The van der Waals surface area contributed by atoms with Crippen LogP contribution < -0.4 is 0 Å². The number of aromatic nitrogens is 2. The van der Waals surface area contributed by atoms with Crippen LogP contribution in [-0.4, -0.2) is 16.0 Å². The monoisotopic (exact) mass is 316 g/mol. The van der Waals surface area contributed by atoms with Gasteiger partial charge in [0.15, 0.2) is 0 Å². The second kappa shape index (κ2) is 7.64. The molecule has 1 aromatic heterocycles. The molecule has 2 rings (SSSR count). The lowest BCUT2D eigenvalue weighted by Crippen LogP contribution is -1.89. The fraction of sp³-hybridized carbons (Fsp3) is 0.385. The van der Waals surface area contributed by atoms with E-state index in [9.17, 15) is 8.78 Å². The molecule has 1 heterocycles. The summed E-state index contributed by atoms with van der Waals surface area (Å²) in [6, 6.07) is 7.20. The fourth-order valence-corrected chi connectivity index (χ4v) is 3.17. The lowest BCUT2D eigenvalue weighted by atomic mass is 10.2. The van der Waals surface area contributed by atoms with Crippen molar-refractivity contribution >= 4 is 23.5 Å². The molecule has 7 heteroatoms. The first-order valence-electron chi connectivity index (χ1n) is 6.10. The SMILES string of the molecule is CCc1nnc(CSCc2ccccc2SC(F)F)o1. The van der Waals surface area contributed by atoms with E-state index in [0.717, 1.165) is 5.56 Å². The third-order valence-electron chi connectivity index (χ3n) is 2.48. The predicted molar refractivity (Wildman–Crippen MR) is 77.0 cm³/mol. The highest BCUT2D eigenvalue weighted by molar-refractivity contribution is 8.00. The number of rotatable bonds is 7. The molecule has 0 aliphatic rings. The summed E-state index contributed by atoms with van der Waals surface area (Å²) in [4.78, 5) is 0.620. The maximum atomic E-state index is 12.5. The van der Waals surface area contributed by atoms with Crippen LogP contribution >= 0.6 is 23.5 Å². The maximum Gasteiger partial charge on any atom is 0.288 e. The number of alkyl halides is 2. The van der Waals surface area contributed by atoms with Gasteiger partial charge in [0.2, 0.25) is 11.8 Å². The zero-order valence-electron chi connectivity index (χ0n) is 10.9. The lowest BCUT2D eigenvalue weighted by Gasteiger charge is -2.07. The van der Waals surface area contributed by atoms with Gasteiger partial charge in [0, 0.05) is 17.1 Å². The van der Waals surface area contributed by atoms with Gasteiger partial charge in [-0.3, -0.25) is 0 Å². The number of aryl methyl sites for hydroxylation is 1. The Balaban J connectivity index is 1.90. The highest BCUT2D eigenvalue weighted by Crippen LogP contribution is 2.31. The Bertz CT molecular complexity index is 549. The third-order valence-corrected chi connectivity index (χ3v) is 4.28. The molecule has 0 aliphatic carbocycles. The molecule has 0 unspecified atom stereocenters. The molecule has 20 heavy (non-hydrogen) atoms. The second-order valence-corrected chi connectivity index (χ2v) is 5.94. The molecular formula is C13H14F2N2OS2. The molecule has 108 valence electrons. The molecule has 2 aromatic rings. The summed E-state index contributed by atoms with van der Waals surface area (Å²) in [5.41, 5.74) is 0.901. The predicted octanol–water partition coefficient (Wildman–Crippen LogP) is 4.38. The highest BCUT2D eigenvalue weighted by Gasteiger charge is 2.10. The largest absolute Gasteiger partial charge is 0.424 e. The van der Waals surface area contributed by atoms with Gasteiger partial charge in [-0.25, -0.2) is 0 Å². The van der Waals surface area contributed by atoms with Gasteiger partial charge < -0.3 is 4.42 Å². The molecule has 0 aliphatic heterocycles. The number of hydrogen-bond donors (Lipinski definition) is 0. The standard InChI is InChI=1S/C13H14F2N2OS2/c1-2-11-16-17-12(18-11)8-19-7-9-5-3-4-6-10(9)20-13(14)15/h3-6,13H,2,7-8H2,1H3. The molecule has 0 amide bonds. The Morgan fingerprint density at radius 2 is 1.90 bits per heavy atom. The van der Waals surface area contributed by atoms with Gasteiger partial charge in [0.05, 0.1) is 5.75 Å². The molecule has 1 aromatic carbocycles. The van der Waals surface area contributed by atoms with Crippen molar-refractivity contribution < 1.29 is 13.2 Å². The summed E-state index contributed by atoms with van der Waals surface area (Å²) < 4.78 is 30.3. The third kappa shape index (κ3) is 4.49. The van der Waals surface area contributed by atoms with Gasteiger partial charge in [-0.1, -0.05) is 36.9 Å². The summed E-state index contributed by atoms with van der Waals surface area (Å²) in [5, 5.41) is 7.81. The fourth-order valence-electron chi connectivity index (χ4n) is 1.57. The number of halogens is 2. The summed E-state index contributed by atoms with van der Waals surface area (Å²) in [7, 11) is 0. The molecule has 0 N–H and O–H groups in total. The van der Waals surface area contributed by atoms with Gasteiger partial charge in [0.25, 0.3) is 5.76 Å². The van der Waals surface area contributed by atoms with E-state index in [2.05, 4.69) is 10.2 Å². The molecular weight excluding hydrogens is 302 g/mol. The second-order valence-electron chi connectivity index (χ2n) is 3.92. The van der Waals surface area contributed by atoms with Crippen LogP contribution in [0.5, 0.6) is 0 Å². The Morgan fingerprint density at radius 1 is 1.15 bits per heavy atom. The maximum absolute atomic E-state index is 12.5. The van der Waals surface area contributed by atoms with E-state index in [1.807, 2.05) is 19.1 Å². The van der Waals surface area contributed by atoms with E-state index in [1.54, 1.807) is 23.9 Å². The molecule has 3 nitrogen and oxygen atoms in total. The van der Waals surface area contributed by atoms with Crippen molar-refractivity contribution in [3.63, 3.8) is 0 Å². The van der Waals surface area contributed by atoms with Crippen LogP contribution in [-0.2, 0) is 17.9 Å². The van der Waals surface area contributed by atoms with Gasteiger partial charge in [-0.05, 0) is 11.6 Å². The zero-order chi connectivity index (χ0) is 14.4. The summed E-state index contributed by atoms with van der Waals surface area (Å²) in [6.07, 6.45) is 0.714. The number of thioether (sulfide) groups is 2. The van der Waals surface area contributed by atoms with Gasteiger partial charge >= 0.3 is 0 Å². The minimum atomic E-state index is -2.40. The van der Waals surface area contributed by atoms with Crippen molar-refractivity contribution in [3.8, 4) is 0 Å². The summed E-state index contributed by atoms with van der Waals surface area (Å²) >= 11 is 2.15. The van der Waals surface area contributed by atoms with E-state index in [-0.39, 0.29) is 0 Å². The van der Waals surface area contributed by atoms with Crippen LogP contribution in [0.1, 0.15) is 24.3 Å². The van der Waals surface area contributed by atoms with E-state index >= 15 is 0 Å². The first kappa shape index (κ1) is 15.3. The van der Waals surface area contributed by atoms with Crippen molar-refractivity contribution in [2.45, 2.75) is 35.5 Å². The lowest BCUT2D eigenvalue weighted by molar-refractivity contribution is 0.252. The Labute approximate surface area is 124 Å². The van der Waals surface area contributed by atoms with Crippen molar-refractivity contribution in [3.05, 3.63) is 41.6 Å². The normalized spacial score (nSPS) is 11.2. The number of hydrogen-bond acceptors (Lipinski definition) is 5. The Morgan fingerprint density at radius 3 is 2.60 bits per heavy atom. The van der Waals surface area contributed by atoms with Gasteiger partial charge in [0.1, 0.15) is 0 Å². The van der Waals surface area contributed by atoms with Crippen molar-refractivity contribution in [1.29, 1.82) is 0 Å². The zero-order valence-corrected chi connectivity index (χ0v) is 12.5. The van der Waals surface area contributed by atoms with Gasteiger partial charge in [-0.2, -0.15) is 8.78 Å². The molecule has 0 radical (unpaired) electrons. The van der Waals surface area contributed by atoms with Crippen LogP contribution in [0.4, 0.5) is 8.78 Å². The van der Waals surface area contributed by atoms with Crippen LogP contribution in [0.2, 0.25) is 0 Å². The quantitative estimate of drug-likeness (QED) is 0.709. The average Bonchev–Trinajstić information content (AvgIpc) is 2.88. The van der Waals surface area contributed by atoms with Crippen LogP contribution in [0, 0.1) is 0 Å². The minimum Gasteiger partial charge on any atom is -0.424 e. The summed E-state index contributed by atoms with van der Waals surface area (Å²) in [6.45, 7) is 1.95. The van der Waals surface area contributed by atoms with Crippen molar-refractivity contribution in [2.24, 2.45) is 0 Å². The topological polar surface area (TPSA) is 38.9 Å². The minimum absolute atomic E-state index is 0.575. The van der Waals surface area contributed by atoms with E-state index < -0.39 is 5.76 Å². The molecule has 0 atom stereocenters. The number of nitrogens with zero attached hydrogens (tertiary/aromatic N) is 2. The van der Waals surface area contributed by atoms with Crippen LogP contribution in [0.15, 0.2) is 33.6 Å². The van der Waals surface area contributed by atoms with E-state index in [1.165, 1.54) is 0 Å². The van der Waals surface area contributed by atoms with Crippen molar-refractivity contribution in [1.82, 2.24) is 10.2 Å². The molecule has 0 spiro atoms. The number of benzene rings is 1. The Kier molecular flexibility index (Phi) is 5.85. The van der Waals surface area contributed by atoms with Crippen LogP contribution in [0.25, 0.3) is 0 Å².